The molecule has 0 aliphatic heterocycles. The van der Waals surface area contributed by atoms with Gasteiger partial charge in [-0.2, -0.15) is 0 Å². The first kappa shape index (κ1) is 17.2. The summed E-state index contributed by atoms with van der Waals surface area (Å²) in [6, 6.07) is 10.5. The lowest BCUT2D eigenvalue weighted by atomic mass is 9.83. The predicted octanol–water partition coefficient (Wildman–Crippen LogP) is 6.02. The Hall–Kier alpha value is -2.12. The van der Waals surface area contributed by atoms with Gasteiger partial charge in [0.15, 0.2) is 0 Å². The second kappa shape index (κ2) is 7.43. The lowest BCUT2D eigenvalue weighted by molar-refractivity contribution is 0.110. The molecular weight excluding hydrogens is 280 g/mol. The molecule has 1 heteroatoms. The molecule has 0 saturated carbocycles. The topological polar surface area (TPSA) is 9.23 Å². The first-order valence-corrected chi connectivity index (χ1v) is 8.03. The van der Waals surface area contributed by atoms with Gasteiger partial charge in [0, 0.05) is 0 Å². The minimum absolute atomic E-state index is 0.138. The molecule has 0 heterocycles. The molecule has 0 aliphatic carbocycles. The maximum absolute atomic E-state index is 5.98. The van der Waals surface area contributed by atoms with Crippen LogP contribution in [0.1, 0.15) is 33.9 Å². The quantitative estimate of drug-likeness (QED) is 0.593. The van der Waals surface area contributed by atoms with E-state index in [9.17, 15) is 0 Å². The summed E-state index contributed by atoms with van der Waals surface area (Å²) in [4.78, 5) is 0. The molecule has 23 heavy (non-hydrogen) atoms. The number of hydrogen-bond acceptors (Lipinski definition) is 1. The van der Waals surface area contributed by atoms with Crippen LogP contribution in [0.4, 0.5) is 0 Å². The molecular formula is C22H26O. The number of hydrogen-bond donors (Lipinski definition) is 0. The van der Waals surface area contributed by atoms with Gasteiger partial charge in [0.2, 0.25) is 0 Å². The minimum atomic E-state index is -0.138. The van der Waals surface area contributed by atoms with Crippen LogP contribution in [0.15, 0.2) is 55.6 Å². The average Bonchev–Trinajstić information content (AvgIpc) is 2.58. The fraction of sp³-hybridized carbons (Fsp3) is 0.273. The van der Waals surface area contributed by atoms with Crippen LogP contribution in [-0.2, 0) is 4.74 Å². The third kappa shape index (κ3) is 3.30. The predicted molar refractivity (Wildman–Crippen MR) is 99.9 cm³/mol. The second-order valence-corrected chi connectivity index (χ2v) is 5.93. The molecule has 0 aromatic heterocycles. The van der Waals surface area contributed by atoms with Crippen LogP contribution in [0.25, 0.3) is 11.1 Å². The van der Waals surface area contributed by atoms with Crippen LogP contribution >= 0.6 is 0 Å². The Morgan fingerprint density at radius 3 is 2.09 bits per heavy atom. The number of rotatable bonds is 6. The molecule has 0 radical (unpaired) electrons. The lowest BCUT2D eigenvalue weighted by Gasteiger charge is -2.25. The van der Waals surface area contributed by atoms with Gasteiger partial charge in [-0.25, -0.2) is 0 Å². The fourth-order valence-corrected chi connectivity index (χ4v) is 3.11. The second-order valence-electron chi connectivity index (χ2n) is 5.93. The molecule has 1 nitrogen and oxygen atoms in total. The molecule has 0 fully saturated rings. The van der Waals surface area contributed by atoms with E-state index in [1.54, 1.807) is 6.08 Å². The van der Waals surface area contributed by atoms with Crippen molar-refractivity contribution in [2.24, 2.45) is 0 Å². The molecule has 2 aromatic carbocycles. The van der Waals surface area contributed by atoms with Gasteiger partial charge in [-0.05, 0) is 66.6 Å². The zero-order valence-electron chi connectivity index (χ0n) is 14.6. The van der Waals surface area contributed by atoms with Gasteiger partial charge in [0.25, 0.3) is 0 Å². The van der Waals surface area contributed by atoms with Gasteiger partial charge < -0.3 is 4.74 Å². The van der Waals surface area contributed by atoms with E-state index in [1.165, 1.54) is 38.9 Å². The molecule has 2 aromatic rings. The number of benzene rings is 2. The highest BCUT2D eigenvalue weighted by atomic mass is 16.5. The molecule has 0 saturated heterocycles. The van der Waals surface area contributed by atoms with Gasteiger partial charge in [0.1, 0.15) is 6.10 Å². The van der Waals surface area contributed by atoms with E-state index in [-0.39, 0.29) is 6.10 Å². The van der Waals surface area contributed by atoms with Crippen molar-refractivity contribution in [3.05, 3.63) is 83.5 Å². The lowest BCUT2D eigenvalue weighted by Crippen LogP contribution is -2.10. The highest BCUT2D eigenvalue weighted by Gasteiger charge is 2.21. The molecule has 0 amide bonds. The Kier molecular flexibility index (Phi) is 5.57. The number of ether oxygens (including phenoxy) is 1. The van der Waals surface area contributed by atoms with Crippen LogP contribution in [0.3, 0.4) is 0 Å². The Morgan fingerprint density at radius 2 is 1.52 bits per heavy atom. The zero-order chi connectivity index (χ0) is 17.0. The van der Waals surface area contributed by atoms with Gasteiger partial charge in [-0.1, -0.05) is 42.5 Å². The Labute approximate surface area is 140 Å². The van der Waals surface area contributed by atoms with Crippen LogP contribution in [0, 0.1) is 27.7 Å². The van der Waals surface area contributed by atoms with E-state index in [0.717, 1.165) is 0 Å². The van der Waals surface area contributed by atoms with Gasteiger partial charge in [0.05, 0.1) is 6.61 Å². The third-order valence-corrected chi connectivity index (χ3v) is 4.69. The average molecular weight is 306 g/mol. The van der Waals surface area contributed by atoms with Crippen LogP contribution in [0.2, 0.25) is 0 Å². The molecule has 0 spiro atoms. The SMILES string of the molecule is C=CCOC(C=C)c1c(C)c(C)c(C)c(C)c1-c1ccccc1. The highest BCUT2D eigenvalue weighted by molar-refractivity contribution is 5.75. The Balaban J connectivity index is 2.77. The molecule has 0 N–H and O–H groups in total. The minimum Gasteiger partial charge on any atom is -0.365 e. The fourth-order valence-electron chi connectivity index (χ4n) is 3.11. The molecule has 0 bridgehead atoms. The van der Waals surface area contributed by atoms with Gasteiger partial charge in [-0.15, -0.1) is 13.2 Å². The molecule has 1 unspecified atom stereocenters. The van der Waals surface area contributed by atoms with E-state index < -0.39 is 0 Å². The standard InChI is InChI=1S/C22H26O/c1-7-14-23-20(8-2)22-18(6)16(4)15(3)17(5)21(22)19-12-10-9-11-13-19/h7-13,20H,1-2,14H2,3-6H3. The summed E-state index contributed by atoms with van der Waals surface area (Å²) in [5, 5.41) is 0. The van der Waals surface area contributed by atoms with Crippen LogP contribution < -0.4 is 0 Å². The van der Waals surface area contributed by atoms with Crippen molar-refractivity contribution < 1.29 is 4.74 Å². The first-order chi connectivity index (χ1) is 11.0. The Bertz CT molecular complexity index is 711. The first-order valence-electron chi connectivity index (χ1n) is 8.03. The summed E-state index contributed by atoms with van der Waals surface area (Å²) in [6.07, 6.45) is 3.52. The smallest absolute Gasteiger partial charge is 0.102 e. The summed E-state index contributed by atoms with van der Waals surface area (Å²) < 4.78 is 5.98. The van der Waals surface area contributed by atoms with Crippen molar-refractivity contribution in [1.29, 1.82) is 0 Å². The van der Waals surface area contributed by atoms with E-state index in [2.05, 4.69) is 65.1 Å². The summed E-state index contributed by atoms with van der Waals surface area (Å²) in [5.41, 5.74) is 8.96. The normalized spacial score (nSPS) is 12.0. The summed E-state index contributed by atoms with van der Waals surface area (Å²) >= 11 is 0. The van der Waals surface area contributed by atoms with Crippen molar-refractivity contribution in [2.75, 3.05) is 6.61 Å². The van der Waals surface area contributed by atoms with E-state index in [1.807, 2.05) is 12.1 Å². The van der Waals surface area contributed by atoms with Gasteiger partial charge in [-0.3, -0.25) is 0 Å². The Morgan fingerprint density at radius 1 is 0.913 bits per heavy atom. The molecule has 0 aliphatic rings. The molecule has 1 atom stereocenters. The zero-order valence-corrected chi connectivity index (χ0v) is 14.6. The third-order valence-electron chi connectivity index (χ3n) is 4.69. The van der Waals surface area contributed by atoms with Crippen molar-refractivity contribution in [3.63, 3.8) is 0 Å². The van der Waals surface area contributed by atoms with Crippen molar-refractivity contribution in [1.82, 2.24) is 0 Å². The highest BCUT2D eigenvalue weighted by Crippen LogP contribution is 2.39. The van der Waals surface area contributed by atoms with E-state index in [0.29, 0.717) is 6.61 Å². The van der Waals surface area contributed by atoms with Crippen molar-refractivity contribution in [3.8, 4) is 11.1 Å². The largest absolute Gasteiger partial charge is 0.365 e. The summed E-state index contributed by atoms with van der Waals surface area (Å²) in [5.74, 6) is 0. The maximum atomic E-state index is 5.98. The van der Waals surface area contributed by atoms with Crippen molar-refractivity contribution >= 4 is 0 Å². The monoisotopic (exact) mass is 306 g/mol. The van der Waals surface area contributed by atoms with Gasteiger partial charge >= 0.3 is 0 Å². The summed E-state index contributed by atoms with van der Waals surface area (Å²) in [6.45, 7) is 17.0. The molecule has 2 rings (SSSR count). The molecule has 120 valence electrons. The van der Waals surface area contributed by atoms with Crippen molar-refractivity contribution in [2.45, 2.75) is 33.8 Å². The summed E-state index contributed by atoms with van der Waals surface area (Å²) in [7, 11) is 0. The van der Waals surface area contributed by atoms with E-state index >= 15 is 0 Å². The maximum Gasteiger partial charge on any atom is 0.102 e. The van der Waals surface area contributed by atoms with Crippen LogP contribution in [0.5, 0.6) is 0 Å². The van der Waals surface area contributed by atoms with Crippen LogP contribution in [-0.4, -0.2) is 6.61 Å². The van der Waals surface area contributed by atoms with E-state index in [4.69, 9.17) is 4.74 Å².